The number of aryl methyl sites for hydroxylation is 1. The molecule has 30 heavy (non-hydrogen) atoms. The SMILES string of the molecule is CC[C@]1(CO)C[C@H]2CC[C@@H]1N2C(=O)c1cc(-c2cccnc2)nc2ccc(C)cc12. The third-order valence-corrected chi connectivity index (χ3v) is 7.26. The summed E-state index contributed by atoms with van der Waals surface area (Å²) in [6.07, 6.45) is 7.31. The summed E-state index contributed by atoms with van der Waals surface area (Å²) in [5.74, 6) is 0.0643. The van der Waals surface area contributed by atoms with E-state index in [2.05, 4.69) is 22.9 Å². The van der Waals surface area contributed by atoms with Crippen LogP contribution in [0.25, 0.3) is 22.2 Å². The van der Waals surface area contributed by atoms with Crippen LogP contribution in [0.4, 0.5) is 0 Å². The van der Waals surface area contributed by atoms with Gasteiger partial charge in [-0.25, -0.2) is 4.98 Å². The minimum Gasteiger partial charge on any atom is -0.396 e. The first-order chi connectivity index (χ1) is 14.6. The van der Waals surface area contributed by atoms with Crippen molar-refractivity contribution in [2.75, 3.05) is 6.61 Å². The van der Waals surface area contributed by atoms with Crippen LogP contribution in [0.1, 0.15) is 48.5 Å². The molecule has 1 N–H and O–H groups in total. The molecule has 2 aromatic heterocycles. The monoisotopic (exact) mass is 401 g/mol. The van der Waals surface area contributed by atoms with E-state index in [9.17, 15) is 9.90 Å². The normalized spacial score (nSPS) is 25.2. The second-order valence-corrected chi connectivity index (χ2v) is 8.85. The summed E-state index contributed by atoms with van der Waals surface area (Å²) >= 11 is 0. The van der Waals surface area contributed by atoms with Crippen LogP contribution in [0.5, 0.6) is 0 Å². The second-order valence-electron chi connectivity index (χ2n) is 8.85. The van der Waals surface area contributed by atoms with Gasteiger partial charge in [-0.1, -0.05) is 18.6 Å². The second kappa shape index (κ2) is 7.17. The molecule has 5 rings (SSSR count). The number of aromatic nitrogens is 2. The Morgan fingerprint density at radius 2 is 2.13 bits per heavy atom. The predicted molar refractivity (Wildman–Crippen MR) is 117 cm³/mol. The summed E-state index contributed by atoms with van der Waals surface area (Å²) in [7, 11) is 0. The van der Waals surface area contributed by atoms with Gasteiger partial charge in [0.25, 0.3) is 5.91 Å². The van der Waals surface area contributed by atoms with Gasteiger partial charge in [0, 0.05) is 40.8 Å². The van der Waals surface area contributed by atoms with Crippen LogP contribution in [-0.4, -0.2) is 44.6 Å². The average Bonchev–Trinajstić information content (AvgIpc) is 3.35. The zero-order chi connectivity index (χ0) is 20.9. The largest absolute Gasteiger partial charge is 0.396 e. The third-order valence-electron chi connectivity index (χ3n) is 7.26. The van der Waals surface area contributed by atoms with E-state index >= 15 is 0 Å². The maximum atomic E-state index is 13.9. The first kappa shape index (κ1) is 19.2. The number of rotatable bonds is 4. The molecule has 4 heterocycles. The number of aliphatic hydroxyl groups is 1. The molecule has 2 bridgehead atoms. The standard InChI is InChI=1S/C25H27N3O2/c1-3-25(15-29)13-18-7-9-23(25)28(18)24(30)20-12-22(17-5-4-10-26-14-17)27-21-8-6-16(2)11-19(20)21/h4-6,8,10-12,14,18,23,29H,3,7,9,13,15H2,1-2H3/t18-,23+,25-/m1/s1. The van der Waals surface area contributed by atoms with E-state index in [-0.39, 0.29) is 30.0 Å². The molecule has 3 aromatic rings. The number of benzene rings is 1. The molecule has 0 radical (unpaired) electrons. The van der Waals surface area contributed by atoms with Crippen LogP contribution in [-0.2, 0) is 0 Å². The summed E-state index contributed by atoms with van der Waals surface area (Å²) < 4.78 is 0. The maximum absolute atomic E-state index is 13.9. The Morgan fingerprint density at radius 3 is 2.83 bits per heavy atom. The number of hydrogen-bond acceptors (Lipinski definition) is 4. The van der Waals surface area contributed by atoms with E-state index in [1.165, 1.54) is 0 Å². The van der Waals surface area contributed by atoms with Crippen LogP contribution < -0.4 is 0 Å². The third kappa shape index (κ3) is 2.83. The number of amides is 1. The molecule has 0 saturated carbocycles. The fraction of sp³-hybridized carbons (Fsp3) is 0.400. The lowest BCUT2D eigenvalue weighted by atomic mass is 9.72. The molecule has 3 atom stereocenters. The van der Waals surface area contributed by atoms with Crippen molar-refractivity contribution >= 4 is 16.8 Å². The van der Waals surface area contributed by atoms with Gasteiger partial charge >= 0.3 is 0 Å². The molecule has 2 fully saturated rings. The van der Waals surface area contributed by atoms with Gasteiger partial charge in [0.05, 0.1) is 23.4 Å². The lowest BCUT2D eigenvalue weighted by Gasteiger charge is -2.35. The molecule has 0 spiro atoms. The van der Waals surface area contributed by atoms with Crippen LogP contribution in [0.15, 0.2) is 48.8 Å². The lowest BCUT2D eigenvalue weighted by molar-refractivity contribution is 0.0558. The molecular formula is C25H27N3O2. The van der Waals surface area contributed by atoms with Crippen molar-refractivity contribution in [3.8, 4) is 11.3 Å². The van der Waals surface area contributed by atoms with Gasteiger partial charge in [-0.15, -0.1) is 0 Å². The molecule has 2 aliphatic rings. The van der Waals surface area contributed by atoms with Crippen LogP contribution in [0.2, 0.25) is 0 Å². The summed E-state index contributed by atoms with van der Waals surface area (Å²) in [5.41, 5.74) is 4.12. The molecule has 0 aliphatic carbocycles. The summed E-state index contributed by atoms with van der Waals surface area (Å²) in [6.45, 7) is 4.31. The smallest absolute Gasteiger partial charge is 0.255 e. The van der Waals surface area contributed by atoms with Crippen LogP contribution in [0, 0.1) is 12.3 Å². The van der Waals surface area contributed by atoms with Crippen LogP contribution in [0.3, 0.4) is 0 Å². The van der Waals surface area contributed by atoms with E-state index in [1.807, 2.05) is 37.3 Å². The molecule has 154 valence electrons. The summed E-state index contributed by atoms with van der Waals surface area (Å²) in [6, 6.07) is 12.2. The van der Waals surface area contributed by atoms with E-state index in [0.717, 1.165) is 53.4 Å². The number of aliphatic hydroxyl groups excluding tert-OH is 1. The highest BCUT2D eigenvalue weighted by Gasteiger charge is 2.56. The van der Waals surface area contributed by atoms with Crippen molar-refractivity contribution in [1.29, 1.82) is 0 Å². The van der Waals surface area contributed by atoms with Crippen LogP contribution >= 0.6 is 0 Å². The number of fused-ring (bicyclic) bond motifs is 3. The first-order valence-corrected chi connectivity index (χ1v) is 10.8. The van der Waals surface area contributed by atoms with Crippen molar-refractivity contribution < 1.29 is 9.90 Å². The molecule has 1 aromatic carbocycles. The summed E-state index contributed by atoms with van der Waals surface area (Å²) in [4.78, 5) is 25.0. The number of nitrogens with zero attached hydrogens (tertiary/aromatic N) is 3. The minimum absolute atomic E-state index is 0.0643. The predicted octanol–water partition coefficient (Wildman–Crippen LogP) is 4.37. The molecular weight excluding hydrogens is 374 g/mol. The average molecular weight is 402 g/mol. The van der Waals surface area contributed by atoms with E-state index in [0.29, 0.717) is 5.56 Å². The Labute approximate surface area is 176 Å². The van der Waals surface area contributed by atoms with Crippen molar-refractivity contribution in [2.24, 2.45) is 5.41 Å². The topological polar surface area (TPSA) is 66.3 Å². The lowest BCUT2D eigenvalue weighted by Crippen LogP contribution is -2.42. The van der Waals surface area contributed by atoms with Crippen molar-refractivity contribution in [3.05, 3.63) is 59.9 Å². The fourth-order valence-electron chi connectivity index (χ4n) is 5.58. The zero-order valence-electron chi connectivity index (χ0n) is 17.5. The Balaban J connectivity index is 1.65. The quantitative estimate of drug-likeness (QED) is 0.705. The number of hydrogen-bond donors (Lipinski definition) is 1. The van der Waals surface area contributed by atoms with Gasteiger partial charge < -0.3 is 10.0 Å². The molecule has 0 unspecified atom stereocenters. The van der Waals surface area contributed by atoms with Crippen molar-refractivity contribution in [1.82, 2.24) is 14.9 Å². The van der Waals surface area contributed by atoms with Crippen molar-refractivity contribution in [2.45, 2.75) is 51.6 Å². The van der Waals surface area contributed by atoms with Gasteiger partial charge in [0.2, 0.25) is 0 Å². The van der Waals surface area contributed by atoms with Gasteiger partial charge in [-0.3, -0.25) is 9.78 Å². The number of carbonyl (C=O) groups excluding carboxylic acids is 1. The highest BCUT2D eigenvalue weighted by atomic mass is 16.3. The molecule has 5 heteroatoms. The Bertz CT molecular complexity index is 1110. The zero-order valence-corrected chi connectivity index (χ0v) is 17.5. The van der Waals surface area contributed by atoms with Gasteiger partial charge in [-0.05, 0) is 62.9 Å². The van der Waals surface area contributed by atoms with Gasteiger partial charge in [0.1, 0.15) is 0 Å². The highest BCUT2D eigenvalue weighted by molar-refractivity contribution is 6.07. The summed E-state index contributed by atoms with van der Waals surface area (Å²) in [5, 5.41) is 11.0. The molecule has 2 saturated heterocycles. The molecule has 5 nitrogen and oxygen atoms in total. The Hall–Kier alpha value is -2.79. The highest BCUT2D eigenvalue weighted by Crippen LogP contribution is 2.52. The number of pyridine rings is 2. The number of carbonyl (C=O) groups is 1. The van der Waals surface area contributed by atoms with Gasteiger partial charge in [0.15, 0.2) is 0 Å². The van der Waals surface area contributed by atoms with E-state index in [1.54, 1.807) is 12.4 Å². The van der Waals surface area contributed by atoms with Gasteiger partial charge in [-0.2, -0.15) is 0 Å². The van der Waals surface area contributed by atoms with Crippen molar-refractivity contribution in [3.63, 3.8) is 0 Å². The molecule has 2 aliphatic heterocycles. The minimum atomic E-state index is -0.163. The fourth-order valence-corrected chi connectivity index (χ4v) is 5.58. The first-order valence-electron chi connectivity index (χ1n) is 10.8. The van der Waals surface area contributed by atoms with E-state index in [4.69, 9.17) is 4.98 Å². The maximum Gasteiger partial charge on any atom is 0.255 e. The Kier molecular flexibility index (Phi) is 4.58. The Morgan fingerprint density at radius 1 is 1.27 bits per heavy atom. The molecule has 1 amide bonds. The van der Waals surface area contributed by atoms with E-state index < -0.39 is 0 Å².